The fraction of sp³-hybridized carbons (Fsp3) is 0.433. The number of hydrogen-bond donors (Lipinski definition) is 1. The highest BCUT2D eigenvalue weighted by atomic mass is 16.5. The molecule has 1 aliphatic carbocycles. The topological polar surface area (TPSA) is 50.8 Å². The van der Waals surface area contributed by atoms with Gasteiger partial charge in [-0.15, -0.1) is 0 Å². The van der Waals surface area contributed by atoms with Gasteiger partial charge in [0, 0.05) is 32.8 Å². The van der Waals surface area contributed by atoms with Crippen molar-refractivity contribution in [2.75, 3.05) is 33.4 Å². The van der Waals surface area contributed by atoms with Crippen molar-refractivity contribution >= 4 is 16.7 Å². The van der Waals surface area contributed by atoms with Crippen molar-refractivity contribution in [2.24, 2.45) is 0 Å². The van der Waals surface area contributed by atoms with E-state index in [4.69, 9.17) is 9.47 Å². The van der Waals surface area contributed by atoms with Crippen LogP contribution < -0.4 is 5.32 Å². The fourth-order valence-electron chi connectivity index (χ4n) is 5.21. The number of hydrogen-bond acceptors (Lipinski definition) is 4. The molecule has 35 heavy (non-hydrogen) atoms. The predicted molar refractivity (Wildman–Crippen MR) is 139 cm³/mol. The van der Waals surface area contributed by atoms with E-state index in [1.54, 1.807) is 7.11 Å². The van der Waals surface area contributed by atoms with Gasteiger partial charge < -0.3 is 14.8 Å². The third-order valence-electron chi connectivity index (χ3n) is 7.51. The molecule has 0 bridgehead atoms. The first kappa shape index (κ1) is 24.0. The van der Waals surface area contributed by atoms with Crippen LogP contribution in [0.3, 0.4) is 0 Å². The Kier molecular flexibility index (Phi) is 7.47. The average Bonchev–Trinajstić information content (AvgIpc) is 3.71. The molecule has 2 aliphatic rings. The normalized spacial score (nSPS) is 18.0. The summed E-state index contributed by atoms with van der Waals surface area (Å²) in [6.45, 7) is 4.79. The molecular weight excluding hydrogens is 436 g/mol. The Morgan fingerprint density at radius 2 is 1.66 bits per heavy atom. The van der Waals surface area contributed by atoms with Gasteiger partial charge in [0.2, 0.25) is 5.91 Å². The lowest BCUT2D eigenvalue weighted by Crippen LogP contribution is -2.47. The number of likely N-dealkylation sites (tertiary alicyclic amines) is 1. The van der Waals surface area contributed by atoms with Gasteiger partial charge in [0.05, 0.1) is 25.2 Å². The molecule has 5 heteroatoms. The maximum atomic E-state index is 13.1. The second-order valence-corrected chi connectivity index (χ2v) is 10.0. The van der Waals surface area contributed by atoms with E-state index >= 15 is 0 Å². The summed E-state index contributed by atoms with van der Waals surface area (Å²) >= 11 is 0. The van der Waals surface area contributed by atoms with Crippen LogP contribution in [0.4, 0.5) is 0 Å². The number of methoxy groups -OCH3 is 1. The molecule has 1 heterocycles. The third kappa shape index (κ3) is 5.75. The lowest BCUT2D eigenvalue weighted by molar-refractivity contribution is -0.124. The molecule has 1 aliphatic heterocycles. The molecule has 0 aromatic heterocycles. The largest absolute Gasteiger partial charge is 0.382 e. The molecule has 1 saturated heterocycles. The monoisotopic (exact) mass is 472 g/mol. The van der Waals surface area contributed by atoms with Gasteiger partial charge in [0.1, 0.15) is 0 Å². The predicted octanol–water partition coefficient (Wildman–Crippen LogP) is 4.82. The molecule has 3 aromatic rings. The number of piperidine rings is 1. The van der Waals surface area contributed by atoms with Crippen LogP contribution in [-0.4, -0.2) is 50.3 Å². The Morgan fingerprint density at radius 1 is 0.943 bits per heavy atom. The molecule has 0 radical (unpaired) electrons. The van der Waals surface area contributed by atoms with E-state index in [9.17, 15) is 4.79 Å². The van der Waals surface area contributed by atoms with Crippen molar-refractivity contribution < 1.29 is 14.3 Å². The molecule has 5 rings (SSSR count). The summed E-state index contributed by atoms with van der Waals surface area (Å²) in [7, 11) is 1.69. The number of benzene rings is 3. The maximum absolute atomic E-state index is 13.1. The van der Waals surface area contributed by atoms with Crippen LogP contribution in [0, 0.1) is 0 Å². The van der Waals surface area contributed by atoms with Crippen molar-refractivity contribution in [2.45, 2.75) is 50.3 Å². The van der Waals surface area contributed by atoms with Crippen LogP contribution in [-0.2, 0) is 32.8 Å². The standard InChI is InChI=1S/C30H36N2O3/c1-34-17-18-35-22-24-8-10-25-9-7-23(19-26(25)20-24)21-32-15-11-28(12-16-32)31-29(33)30(13-14-30)27-5-3-2-4-6-27/h2-10,19-20,28H,11-18,21-22H2,1H3,(H,31,33). The van der Waals surface area contributed by atoms with Crippen molar-refractivity contribution in [3.05, 3.63) is 83.4 Å². The molecule has 2 fully saturated rings. The zero-order valence-corrected chi connectivity index (χ0v) is 20.7. The van der Waals surface area contributed by atoms with Crippen LogP contribution in [0.2, 0.25) is 0 Å². The van der Waals surface area contributed by atoms with Crippen LogP contribution in [0.5, 0.6) is 0 Å². The maximum Gasteiger partial charge on any atom is 0.230 e. The summed E-state index contributed by atoms with van der Waals surface area (Å²) < 4.78 is 10.7. The summed E-state index contributed by atoms with van der Waals surface area (Å²) in [5.41, 5.74) is 3.40. The van der Waals surface area contributed by atoms with E-state index < -0.39 is 0 Å². The Hall–Kier alpha value is -2.73. The van der Waals surface area contributed by atoms with E-state index in [0.29, 0.717) is 19.8 Å². The first-order valence-corrected chi connectivity index (χ1v) is 12.8. The lowest BCUT2D eigenvalue weighted by atomic mass is 9.94. The van der Waals surface area contributed by atoms with Crippen molar-refractivity contribution in [1.82, 2.24) is 10.2 Å². The van der Waals surface area contributed by atoms with Crippen LogP contribution in [0.25, 0.3) is 10.8 Å². The van der Waals surface area contributed by atoms with Gasteiger partial charge >= 0.3 is 0 Å². The van der Waals surface area contributed by atoms with Crippen LogP contribution >= 0.6 is 0 Å². The number of carbonyl (C=O) groups excluding carboxylic acids is 1. The van der Waals surface area contributed by atoms with E-state index in [1.165, 1.54) is 21.9 Å². The average molecular weight is 473 g/mol. The molecule has 0 atom stereocenters. The number of fused-ring (bicyclic) bond motifs is 1. The molecular formula is C30H36N2O3. The highest BCUT2D eigenvalue weighted by molar-refractivity contribution is 5.91. The summed E-state index contributed by atoms with van der Waals surface area (Å²) in [5, 5.41) is 5.88. The van der Waals surface area contributed by atoms with Gasteiger partial charge in [-0.05, 0) is 65.3 Å². The number of amides is 1. The minimum atomic E-state index is -0.281. The summed E-state index contributed by atoms with van der Waals surface area (Å²) in [6.07, 6.45) is 3.94. The summed E-state index contributed by atoms with van der Waals surface area (Å²) in [4.78, 5) is 15.6. The molecule has 0 spiro atoms. The lowest BCUT2D eigenvalue weighted by Gasteiger charge is -2.33. The SMILES string of the molecule is COCCOCc1ccc2ccc(CN3CCC(NC(=O)C4(c5ccccc5)CC4)CC3)cc2c1. The van der Waals surface area contributed by atoms with Gasteiger partial charge in [-0.25, -0.2) is 0 Å². The minimum absolute atomic E-state index is 0.221. The zero-order valence-electron chi connectivity index (χ0n) is 20.7. The Bertz CT molecular complexity index is 1130. The Balaban J connectivity index is 1.13. The quantitative estimate of drug-likeness (QED) is 0.430. The number of ether oxygens (including phenoxy) is 2. The van der Waals surface area contributed by atoms with Crippen molar-refractivity contribution in [3.63, 3.8) is 0 Å². The highest BCUT2D eigenvalue weighted by Gasteiger charge is 2.51. The van der Waals surface area contributed by atoms with Gasteiger partial charge in [0.15, 0.2) is 0 Å². The molecule has 1 N–H and O–H groups in total. The third-order valence-corrected chi connectivity index (χ3v) is 7.51. The summed E-state index contributed by atoms with van der Waals surface area (Å²) in [5.74, 6) is 0.221. The second kappa shape index (κ2) is 10.9. The van der Waals surface area contributed by atoms with Crippen LogP contribution in [0.1, 0.15) is 42.4 Å². The van der Waals surface area contributed by atoms with E-state index in [2.05, 4.69) is 58.7 Å². The first-order valence-electron chi connectivity index (χ1n) is 12.8. The number of nitrogens with zero attached hydrogens (tertiary/aromatic N) is 1. The zero-order chi connectivity index (χ0) is 24.1. The molecule has 0 unspecified atom stereocenters. The van der Waals surface area contributed by atoms with Crippen molar-refractivity contribution in [1.29, 1.82) is 0 Å². The number of carbonyl (C=O) groups is 1. The molecule has 3 aromatic carbocycles. The fourth-order valence-corrected chi connectivity index (χ4v) is 5.21. The van der Waals surface area contributed by atoms with E-state index in [-0.39, 0.29) is 17.4 Å². The van der Waals surface area contributed by atoms with E-state index in [1.807, 2.05) is 18.2 Å². The minimum Gasteiger partial charge on any atom is -0.382 e. The van der Waals surface area contributed by atoms with Crippen molar-refractivity contribution in [3.8, 4) is 0 Å². The second-order valence-electron chi connectivity index (χ2n) is 10.0. The Labute approximate surface area is 208 Å². The van der Waals surface area contributed by atoms with Gasteiger partial charge in [0.25, 0.3) is 0 Å². The molecule has 1 amide bonds. The van der Waals surface area contributed by atoms with Gasteiger partial charge in [-0.1, -0.05) is 54.6 Å². The number of rotatable bonds is 10. The summed E-state index contributed by atoms with van der Waals surface area (Å²) in [6, 6.07) is 23.8. The molecule has 184 valence electrons. The van der Waals surface area contributed by atoms with Gasteiger partial charge in [-0.3, -0.25) is 9.69 Å². The first-order chi connectivity index (χ1) is 17.2. The highest BCUT2D eigenvalue weighted by Crippen LogP contribution is 2.48. The Morgan fingerprint density at radius 3 is 2.37 bits per heavy atom. The molecule has 5 nitrogen and oxygen atoms in total. The van der Waals surface area contributed by atoms with Gasteiger partial charge in [-0.2, -0.15) is 0 Å². The van der Waals surface area contributed by atoms with Crippen LogP contribution in [0.15, 0.2) is 66.7 Å². The molecule has 1 saturated carbocycles. The smallest absolute Gasteiger partial charge is 0.230 e. The number of nitrogens with one attached hydrogen (secondary N) is 1. The van der Waals surface area contributed by atoms with E-state index in [0.717, 1.165) is 50.9 Å².